The van der Waals surface area contributed by atoms with Crippen molar-refractivity contribution in [2.75, 3.05) is 26.9 Å². The molecule has 0 N–H and O–H groups in total. The van der Waals surface area contributed by atoms with Gasteiger partial charge in [0.2, 0.25) is 0 Å². The minimum atomic E-state index is -0.738. The Bertz CT molecular complexity index is 801. The van der Waals surface area contributed by atoms with Crippen LogP contribution in [0.15, 0.2) is 0 Å². The van der Waals surface area contributed by atoms with E-state index in [1.807, 2.05) is 27.7 Å². The van der Waals surface area contributed by atoms with Crippen LogP contribution in [0.1, 0.15) is 99.3 Å². The SMILES string of the molecule is CCOC(C)OC1(C#N)CC[C@H]2[C@@H]3CC[C@@H]4C[C@](COC)(OC(C)OCC)CC[C@]4(C)[C@H]3CC[C@@]21C. The molecule has 0 radical (unpaired) electrons. The molecule has 0 bridgehead atoms. The molecular formula is C30H51NO5. The minimum absolute atomic E-state index is 0.109. The molecule has 0 aromatic carbocycles. The largest absolute Gasteiger partial charge is 0.382 e. The van der Waals surface area contributed by atoms with Crippen LogP contribution in [-0.4, -0.2) is 50.7 Å². The van der Waals surface area contributed by atoms with Crippen LogP contribution >= 0.6 is 0 Å². The Morgan fingerprint density at radius 2 is 1.53 bits per heavy atom. The first kappa shape index (κ1) is 28.3. The molecule has 6 heteroatoms. The molecule has 4 aliphatic rings. The molecule has 0 aromatic heterocycles. The van der Waals surface area contributed by atoms with Crippen LogP contribution < -0.4 is 0 Å². The summed E-state index contributed by atoms with van der Waals surface area (Å²) in [7, 11) is 1.79. The molecule has 6 nitrogen and oxygen atoms in total. The van der Waals surface area contributed by atoms with E-state index in [1.165, 1.54) is 25.7 Å². The lowest BCUT2D eigenvalue weighted by molar-refractivity contribution is -0.252. The summed E-state index contributed by atoms with van der Waals surface area (Å²) in [6.45, 7) is 14.8. The molecule has 4 saturated carbocycles. The van der Waals surface area contributed by atoms with Gasteiger partial charge in [-0.3, -0.25) is 0 Å². The van der Waals surface area contributed by atoms with Crippen LogP contribution in [0.25, 0.3) is 0 Å². The molecule has 0 aliphatic heterocycles. The zero-order valence-electron chi connectivity index (χ0n) is 23.9. The van der Waals surface area contributed by atoms with Crippen molar-refractivity contribution in [1.29, 1.82) is 5.26 Å². The number of hydrogen-bond acceptors (Lipinski definition) is 6. The number of rotatable bonds is 10. The fourth-order valence-electron chi connectivity index (χ4n) is 9.42. The van der Waals surface area contributed by atoms with Gasteiger partial charge in [0, 0.05) is 25.7 Å². The smallest absolute Gasteiger partial charge is 0.162 e. The van der Waals surface area contributed by atoms with Crippen molar-refractivity contribution < 1.29 is 23.7 Å². The fourth-order valence-corrected chi connectivity index (χ4v) is 9.42. The topological polar surface area (TPSA) is 69.9 Å². The average molecular weight is 506 g/mol. The summed E-state index contributed by atoms with van der Waals surface area (Å²) < 4.78 is 30.2. The first-order valence-corrected chi connectivity index (χ1v) is 14.6. The minimum Gasteiger partial charge on any atom is -0.382 e. The number of hydrogen-bond donors (Lipinski definition) is 0. The maximum Gasteiger partial charge on any atom is 0.162 e. The van der Waals surface area contributed by atoms with E-state index in [0.717, 1.165) is 32.1 Å². The summed E-state index contributed by atoms with van der Waals surface area (Å²) in [5, 5.41) is 10.4. The van der Waals surface area contributed by atoms with Crippen LogP contribution in [0.2, 0.25) is 0 Å². The molecular weight excluding hydrogens is 454 g/mol. The lowest BCUT2D eigenvalue weighted by Crippen LogP contribution is -2.59. The second kappa shape index (κ2) is 10.8. The Balaban J connectivity index is 1.53. The van der Waals surface area contributed by atoms with Crippen molar-refractivity contribution in [1.82, 2.24) is 0 Å². The molecule has 0 saturated heterocycles. The summed E-state index contributed by atoms with van der Waals surface area (Å²) in [6, 6.07) is 2.68. The van der Waals surface area contributed by atoms with Gasteiger partial charge in [-0.1, -0.05) is 13.8 Å². The van der Waals surface area contributed by atoms with Gasteiger partial charge in [0.25, 0.3) is 0 Å². The highest BCUT2D eigenvalue weighted by Crippen LogP contribution is 2.69. The van der Waals surface area contributed by atoms with Crippen LogP contribution in [-0.2, 0) is 23.7 Å². The van der Waals surface area contributed by atoms with Gasteiger partial charge in [-0.25, -0.2) is 0 Å². The van der Waals surface area contributed by atoms with E-state index in [4.69, 9.17) is 23.7 Å². The number of nitrogens with zero attached hydrogens (tertiary/aromatic N) is 1. The highest BCUT2D eigenvalue weighted by Gasteiger charge is 2.67. The van der Waals surface area contributed by atoms with Crippen molar-refractivity contribution in [2.24, 2.45) is 34.5 Å². The van der Waals surface area contributed by atoms with Crippen molar-refractivity contribution in [3.05, 3.63) is 0 Å². The fraction of sp³-hybridized carbons (Fsp3) is 0.967. The van der Waals surface area contributed by atoms with E-state index in [0.29, 0.717) is 48.9 Å². The molecule has 3 unspecified atom stereocenters. The average Bonchev–Trinajstić information content (AvgIpc) is 3.12. The summed E-state index contributed by atoms with van der Waals surface area (Å²) >= 11 is 0. The van der Waals surface area contributed by atoms with Crippen molar-refractivity contribution >= 4 is 0 Å². The van der Waals surface area contributed by atoms with Crippen molar-refractivity contribution in [3.8, 4) is 6.07 Å². The summed E-state index contributed by atoms with van der Waals surface area (Å²) in [5.41, 5.74) is -0.784. The standard InChI is InChI=1S/C30H51NO5/c1-8-33-21(3)35-29(20-32-7)17-16-27(5)23(18-29)10-11-24-25(27)12-14-28(6)26(24)13-15-30(28,19-31)36-22(4)34-9-2/h21-26H,8-18,20H2,1-7H3/t21?,22?,23-,24-,25+,26+,27+,28+,29-,30?/m1/s1. The van der Waals surface area contributed by atoms with E-state index < -0.39 is 5.60 Å². The summed E-state index contributed by atoms with van der Waals surface area (Å²) in [5.74, 6) is 2.56. The van der Waals surface area contributed by atoms with E-state index >= 15 is 0 Å². The quantitative estimate of drug-likeness (QED) is 0.317. The Morgan fingerprint density at radius 1 is 0.861 bits per heavy atom. The first-order chi connectivity index (χ1) is 17.1. The van der Waals surface area contributed by atoms with Crippen LogP contribution in [0.3, 0.4) is 0 Å². The van der Waals surface area contributed by atoms with Crippen molar-refractivity contribution in [3.63, 3.8) is 0 Å². The van der Waals surface area contributed by atoms with Gasteiger partial charge in [-0.2, -0.15) is 5.26 Å². The Hall–Kier alpha value is -0.710. The zero-order valence-corrected chi connectivity index (χ0v) is 23.9. The molecule has 0 spiro atoms. The third kappa shape index (κ3) is 4.66. The second-order valence-electron chi connectivity index (χ2n) is 12.7. The molecule has 0 heterocycles. The van der Waals surface area contributed by atoms with E-state index in [9.17, 15) is 5.26 Å². The third-order valence-corrected chi connectivity index (χ3v) is 11.1. The Kier molecular flexibility index (Phi) is 8.50. The van der Waals surface area contributed by atoms with Crippen LogP contribution in [0.5, 0.6) is 0 Å². The van der Waals surface area contributed by atoms with Gasteiger partial charge in [-0.15, -0.1) is 0 Å². The van der Waals surface area contributed by atoms with Crippen LogP contribution in [0, 0.1) is 45.8 Å². The monoisotopic (exact) mass is 505 g/mol. The first-order valence-electron chi connectivity index (χ1n) is 14.6. The summed E-state index contributed by atoms with van der Waals surface area (Å²) in [4.78, 5) is 0. The molecule has 10 atom stereocenters. The highest BCUT2D eigenvalue weighted by atomic mass is 16.7. The Labute approximate surface area is 219 Å². The molecule has 4 aliphatic carbocycles. The number of ether oxygens (including phenoxy) is 5. The van der Waals surface area contributed by atoms with E-state index in [2.05, 4.69) is 19.9 Å². The van der Waals surface area contributed by atoms with Gasteiger partial charge in [-0.05, 0) is 115 Å². The predicted octanol–water partition coefficient (Wildman–Crippen LogP) is 6.47. The predicted molar refractivity (Wildman–Crippen MR) is 139 cm³/mol. The molecule has 0 aromatic rings. The van der Waals surface area contributed by atoms with Gasteiger partial charge < -0.3 is 23.7 Å². The lowest BCUT2D eigenvalue weighted by atomic mass is 9.43. The molecule has 206 valence electrons. The molecule has 36 heavy (non-hydrogen) atoms. The van der Waals surface area contributed by atoms with Gasteiger partial charge in [0.1, 0.15) is 0 Å². The van der Waals surface area contributed by atoms with Gasteiger partial charge in [0.05, 0.1) is 18.3 Å². The lowest BCUT2D eigenvalue weighted by Gasteiger charge is -2.63. The highest BCUT2D eigenvalue weighted by molar-refractivity contribution is 5.22. The van der Waals surface area contributed by atoms with Crippen LogP contribution in [0.4, 0.5) is 0 Å². The van der Waals surface area contributed by atoms with Gasteiger partial charge >= 0.3 is 0 Å². The van der Waals surface area contributed by atoms with E-state index in [-0.39, 0.29) is 23.6 Å². The maximum atomic E-state index is 10.4. The number of methoxy groups -OCH3 is 1. The summed E-state index contributed by atoms with van der Waals surface area (Å²) in [6.07, 6.45) is 9.34. The van der Waals surface area contributed by atoms with Crippen molar-refractivity contribution in [2.45, 2.75) is 123 Å². The third-order valence-electron chi connectivity index (χ3n) is 11.1. The second-order valence-corrected chi connectivity index (χ2v) is 12.7. The maximum absolute atomic E-state index is 10.4. The molecule has 0 amide bonds. The van der Waals surface area contributed by atoms with E-state index in [1.54, 1.807) is 7.11 Å². The Morgan fingerprint density at radius 3 is 2.17 bits per heavy atom. The van der Waals surface area contributed by atoms with Gasteiger partial charge in [0.15, 0.2) is 18.2 Å². The zero-order chi connectivity index (χ0) is 26.2. The molecule has 4 rings (SSSR count). The molecule has 4 fully saturated rings. The normalized spacial score (nSPS) is 45.7. The number of fused-ring (bicyclic) bond motifs is 5. The number of nitriles is 1.